The maximum atomic E-state index is 13.2. The second-order valence-corrected chi connectivity index (χ2v) is 8.16. The Kier molecular flexibility index (Phi) is 5.50. The van der Waals surface area contributed by atoms with Gasteiger partial charge in [-0.05, 0) is 31.5 Å². The highest BCUT2D eigenvalue weighted by molar-refractivity contribution is 6.19. The van der Waals surface area contributed by atoms with Crippen LogP contribution in [-0.2, 0) is 17.8 Å². The lowest BCUT2D eigenvalue weighted by Gasteiger charge is -2.33. The summed E-state index contributed by atoms with van der Waals surface area (Å²) >= 11 is 0. The minimum Gasteiger partial charge on any atom is -0.493 e. The molecular weight excluding hydrogens is 410 g/mol. The number of likely N-dealkylation sites (N-methyl/N-ethyl adjacent to an activating group) is 1. The van der Waals surface area contributed by atoms with Crippen LogP contribution in [0.5, 0.6) is 11.5 Å². The molecule has 2 aromatic rings. The van der Waals surface area contributed by atoms with E-state index in [4.69, 9.17) is 14.5 Å². The lowest BCUT2D eigenvalue weighted by molar-refractivity contribution is -0.677. The van der Waals surface area contributed by atoms with Gasteiger partial charge >= 0.3 is 12.0 Å². The van der Waals surface area contributed by atoms with E-state index in [0.29, 0.717) is 29.8 Å². The number of fused-ring (bicyclic) bond motifs is 3. The standard InChI is InChI=1S/C23H28N5O4/c1-14(2)12-28-21(29)19-20(25(4)23(28)30)24-22-26(15(3)13-27(19)22)10-9-16-7-8-17(31-5)18(11-16)32-6/h7-8,11,13,19H,1,9-10,12H2,2-6H3/q+1. The fraction of sp³-hybridized carbons (Fsp3) is 0.391. The van der Waals surface area contributed by atoms with Gasteiger partial charge in [0.15, 0.2) is 11.5 Å². The molecule has 1 unspecified atom stereocenters. The van der Waals surface area contributed by atoms with Gasteiger partial charge in [-0.2, -0.15) is 0 Å². The van der Waals surface area contributed by atoms with Crippen LogP contribution in [0.25, 0.3) is 0 Å². The molecule has 3 heterocycles. The zero-order valence-electron chi connectivity index (χ0n) is 19.1. The minimum atomic E-state index is -0.645. The molecule has 32 heavy (non-hydrogen) atoms. The van der Waals surface area contributed by atoms with E-state index in [1.54, 1.807) is 28.2 Å². The van der Waals surface area contributed by atoms with Crippen LogP contribution >= 0.6 is 0 Å². The molecule has 0 spiro atoms. The number of amides is 3. The second-order valence-electron chi connectivity index (χ2n) is 8.16. The van der Waals surface area contributed by atoms with Gasteiger partial charge in [-0.15, -0.1) is 0 Å². The molecule has 1 fully saturated rings. The average Bonchev–Trinajstić information content (AvgIpc) is 3.28. The molecule has 1 saturated heterocycles. The molecule has 1 aromatic carbocycles. The summed E-state index contributed by atoms with van der Waals surface area (Å²) in [7, 11) is 4.88. The van der Waals surface area contributed by atoms with E-state index in [-0.39, 0.29) is 18.5 Å². The smallest absolute Gasteiger partial charge is 0.401 e. The number of aliphatic imine (C=N–C) groups is 1. The quantitative estimate of drug-likeness (QED) is 0.491. The van der Waals surface area contributed by atoms with E-state index in [0.717, 1.165) is 23.3 Å². The van der Waals surface area contributed by atoms with Crippen LogP contribution < -0.4 is 14.0 Å². The molecule has 1 aromatic heterocycles. The molecule has 3 amide bonds. The van der Waals surface area contributed by atoms with Gasteiger partial charge in [-0.1, -0.05) is 23.2 Å². The molecule has 1 atom stereocenters. The van der Waals surface area contributed by atoms with E-state index in [1.807, 2.05) is 35.9 Å². The number of hydrogen-bond donors (Lipinski definition) is 0. The molecule has 0 saturated carbocycles. The molecular formula is C23H28N5O4+. The van der Waals surface area contributed by atoms with Gasteiger partial charge in [-0.25, -0.2) is 13.9 Å². The molecule has 9 nitrogen and oxygen atoms in total. The van der Waals surface area contributed by atoms with Gasteiger partial charge < -0.3 is 9.47 Å². The number of imide groups is 1. The number of carbonyl (C=O) groups is 2. The SMILES string of the molecule is C=C(C)CN1C(=O)C2C(=Nc3n(CCc4ccc(OC)c(OC)c4)c(C)c[n+]32)N(C)C1=O. The highest BCUT2D eigenvalue weighted by Gasteiger charge is 2.53. The predicted molar refractivity (Wildman–Crippen MR) is 118 cm³/mol. The van der Waals surface area contributed by atoms with Crippen molar-refractivity contribution >= 4 is 23.7 Å². The van der Waals surface area contributed by atoms with Crippen molar-refractivity contribution in [2.75, 3.05) is 27.8 Å². The number of ether oxygens (including phenoxy) is 2. The summed E-state index contributed by atoms with van der Waals surface area (Å²) in [6.07, 6.45) is 2.66. The summed E-state index contributed by atoms with van der Waals surface area (Å²) in [5.41, 5.74) is 2.82. The van der Waals surface area contributed by atoms with E-state index >= 15 is 0 Å². The van der Waals surface area contributed by atoms with Crippen molar-refractivity contribution in [3.63, 3.8) is 0 Å². The van der Waals surface area contributed by atoms with E-state index in [1.165, 1.54) is 9.80 Å². The lowest BCUT2D eigenvalue weighted by Crippen LogP contribution is -2.62. The Morgan fingerprint density at radius 2 is 1.94 bits per heavy atom. The number of imidazole rings is 1. The Bertz CT molecular complexity index is 1150. The number of methoxy groups -OCH3 is 2. The van der Waals surface area contributed by atoms with Crippen LogP contribution in [0.4, 0.5) is 10.7 Å². The third-order valence-corrected chi connectivity index (χ3v) is 5.82. The minimum absolute atomic E-state index is 0.195. The number of rotatable bonds is 7. The maximum absolute atomic E-state index is 13.2. The summed E-state index contributed by atoms with van der Waals surface area (Å²) in [5, 5.41) is 0. The number of hydrogen-bond acceptors (Lipinski definition) is 5. The number of aryl methyl sites for hydroxylation is 2. The average molecular weight is 439 g/mol. The normalized spacial score (nSPS) is 17.3. The number of amidine groups is 1. The molecule has 0 bridgehead atoms. The zero-order chi connectivity index (χ0) is 23.2. The van der Waals surface area contributed by atoms with Crippen molar-refractivity contribution < 1.29 is 23.6 Å². The van der Waals surface area contributed by atoms with Gasteiger partial charge in [0.05, 0.1) is 27.3 Å². The predicted octanol–water partition coefficient (Wildman–Crippen LogP) is 2.40. The van der Waals surface area contributed by atoms with Crippen molar-refractivity contribution in [2.24, 2.45) is 4.99 Å². The third kappa shape index (κ3) is 3.43. The maximum Gasteiger partial charge on any atom is 0.401 e. The number of nitrogens with zero attached hydrogens (tertiary/aromatic N) is 5. The topological polar surface area (TPSA) is 80.2 Å². The van der Waals surface area contributed by atoms with Crippen LogP contribution in [0.1, 0.15) is 24.2 Å². The van der Waals surface area contributed by atoms with E-state index in [2.05, 4.69) is 11.1 Å². The molecule has 0 radical (unpaired) electrons. The number of urea groups is 1. The van der Waals surface area contributed by atoms with Gasteiger partial charge in [0.25, 0.3) is 5.91 Å². The van der Waals surface area contributed by atoms with Crippen molar-refractivity contribution in [3.05, 3.63) is 47.8 Å². The van der Waals surface area contributed by atoms with Gasteiger partial charge in [-0.3, -0.25) is 14.6 Å². The van der Waals surface area contributed by atoms with Crippen LogP contribution in [0.3, 0.4) is 0 Å². The summed E-state index contributed by atoms with van der Waals surface area (Å²) in [6.45, 7) is 8.49. The number of benzene rings is 1. The number of aromatic nitrogens is 2. The van der Waals surface area contributed by atoms with Crippen LogP contribution in [0.2, 0.25) is 0 Å². The second kappa shape index (κ2) is 8.14. The molecule has 2 aliphatic rings. The molecule has 168 valence electrons. The van der Waals surface area contributed by atoms with Crippen molar-refractivity contribution in [2.45, 2.75) is 32.9 Å². The third-order valence-electron chi connectivity index (χ3n) is 5.82. The zero-order valence-corrected chi connectivity index (χ0v) is 19.1. The van der Waals surface area contributed by atoms with Gasteiger partial charge in [0, 0.05) is 13.5 Å². The Morgan fingerprint density at radius 3 is 2.59 bits per heavy atom. The fourth-order valence-electron chi connectivity index (χ4n) is 4.20. The summed E-state index contributed by atoms with van der Waals surface area (Å²) in [5.74, 6) is 2.20. The highest BCUT2D eigenvalue weighted by atomic mass is 16.5. The fourth-order valence-corrected chi connectivity index (χ4v) is 4.20. The molecule has 0 N–H and O–H groups in total. The summed E-state index contributed by atoms with van der Waals surface area (Å²) in [6, 6.07) is 4.83. The van der Waals surface area contributed by atoms with Crippen LogP contribution in [-0.4, -0.2) is 60.0 Å². The Labute approximate surface area is 187 Å². The first-order valence-electron chi connectivity index (χ1n) is 10.4. The first kappa shape index (κ1) is 21.6. The molecule has 9 heteroatoms. The molecule has 4 rings (SSSR count). The van der Waals surface area contributed by atoms with Crippen molar-refractivity contribution in [1.29, 1.82) is 0 Å². The Balaban J connectivity index is 1.63. The monoisotopic (exact) mass is 438 g/mol. The Morgan fingerprint density at radius 1 is 1.22 bits per heavy atom. The van der Waals surface area contributed by atoms with Crippen molar-refractivity contribution in [1.82, 2.24) is 14.4 Å². The number of carbonyl (C=O) groups excluding carboxylic acids is 2. The van der Waals surface area contributed by atoms with Gasteiger partial charge in [0.1, 0.15) is 11.9 Å². The van der Waals surface area contributed by atoms with Crippen molar-refractivity contribution in [3.8, 4) is 11.5 Å². The Hall–Kier alpha value is -3.62. The van der Waals surface area contributed by atoms with E-state index < -0.39 is 6.04 Å². The summed E-state index contributed by atoms with van der Waals surface area (Å²) in [4.78, 5) is 33.3. The first-order chi connectivity index (χ1) is 15.3. The first-order valence-corrected chi connectivity index (χ1v) is 10.4. The highest BCUT2D eigenvalue weighted by Crippen LogP contribution is 2.31. The molecule has 2 aliphatic heterocycles. The van der Waals surface area contributed by atoms with Crippen LogP contribution in [0, 0.1) is 6.92 Å². The van der Waals surface area contributed by atoms with E-state index in [9.17, 15) is 9.59 Å². The molecule has 0 aliphatic carbocycles. The summed E-state index contributed by atoms with van der Waals surface area (Å²) < 4.78 is 14.6. The lowest BCUT2D eigenvalue weighted by atomic mass is 10.1. The van der Waals surface area contributed by atoms with Gasteiger partial charge in [0.2, 0.25) is 11.9 Å². The van der Waals surface area contributed by atoms with Crippen LogP contribution in [0.15, 0.2) is 41.5 Å². The largest absolute Gasteiger partial charge is 0.493 e.